The second-order valence-electron chi connectivity index (χ2n) is 7.35. The van der Waals surface area contributed by atoms with Crippen molar-refractivity contribution in [2.45, 2.75) is 12.5 Å². The maximum Gasteiger partial charge on any atom is 0.231 e. The van der Waals surface area contributed by atoms with Crippen LogP contribution in [0, 0.1) is 11.3 Å². The summed E-state index contributed by atoms with van der Waals surface area (Å²) < 4.78 is 28.3. The lowest BCUT2D eigenvalue weighted by molar-refractivity contribution is 0.174. The van der Waals surface area contributed by atoms with Gasteiger partial charge in [-0.1, -0.05) is 36.4 Å². The summed E-state index contributed by atoms with van der Waals surface area (Å²) in [6.45, 7) is 0.550. The maximum absolute atomic E-state index is 9.82. The van der Waals surface area contributed by atoms with Crippen molar-refractivity contribution in [1.29, 1.82) is 5.26 Å². The Morgan fingerprint density at radius 1 is 1.00 bits per heavy atom. The fourth-order valence-electron chi connectivity index (χ4n) is 3.91. The highest BCUT2D eigenvalue weighted by molar-refractivity contribution is 5.62. The topological polar surface area (TPSA) is 96.0 Å². The normalized spacial score (nSPS) is 16.1. The van der Waals surface area contributed by atoms with Gasteiger partial charge in [-0.25, -0.2) is 0 Å². The van der Waals surface area contributed by atoms with Crippen molar-refractivity contribution in [3.8, 4) is 34.8 Å². The van der Waals surface area contributed by atoms with Crippen molar-refractivity contribution >= 4 is 0 Å². The van der Waals surface area contributed by atoms with Gasteiger partial charge in [-0.3, -0.25) is 0 Å². The van der Waals surface area contributed by atoms with Crippen molar-refractivity contribution in [2.75, 3.05) is 13.9 Å². The van der Waals surface area contributed by atoms with Crippen molar-refractivity contribution in [2.24, 2.45) is 5.73 Å². The lowest BCUT2D eigenvalue weighted by Crippen LogP contribution is -2.21. The number of benzene rings is 3. The van der Waals surface area contributed by atoms with Gasteiger partial charge in [0.2, 0.25) is 12.7 Å². The fraction of sp³-hybridized carbons (Fsp3) is 0.160. The monoisotopic (exact) mass is 428 g/mol. The molecule has 2 aliphatic rings. The Morgan fingerprint density at radius 2 is 1.78 bits per heavy atom. The highest BCUT2D eigenvalue weighted by atomic mass is 16.7. The molecule has 0 unspecified atom stereocenters. The van der Waals surface area contributed by atoms with Gasteiger partial charge in [-0.2, -0.15) is 5.26 Å². The zero-order chi connectivity index (χ0) is 22.1. The van der Waals surface area contributed by atoms with E-state index in [1.54, 1.807) is 13.2 Å². The van der Waals surface area contributed by atoms with E-state index in [0.29, 0.717) is 40.9 Å². The maximum atomic E-state index is 9.82. The molecule has 3 aromatic carbocycles. The molecule has 0 saturated heterocycles. The molecule has 1 atom stereocenters. The summed E-state index contributed by atoms with van der Waals surface area (Å²) >= 11 is 0. The van der Waals surface area contributed by atoms with E-state index < -0.39 is 5.92 Å². The van der Waals surface area contributed by atoms with E-state index in [1.165, 1.54) is 0 Å². The van der Waals surface area contributed by atoms with Crippen LogP contribution in [0.5, 0.6) is 28.7 Å². The molecule has 0 radical (unpaired) electrons. The summed E-state index contributed by atoms with van der Waals surface area (Å²) in [6.07, 6.45) is 0. The summed E-state index contributed by atoms with van der Waals surface area (Å²) in [5.41, 5.74) is 9.04. The van der Waals surface area contributed by atoms with Gasteiger partial charge in [0, 0.05) is 11.6 Å². The minimum absolute atomic E-state index is 0.0623. The van der Waals surface area contributed by atoms with Crippen LogP contribution in [0.3, 0.4) is 0 Å². The number of allylic oxidation sites excluding steroid dienone is 1. The van der Waals surface area contributed by atoms with Gasteiger partial charge in [0.05, 0.1) is 13.0 Å². The Hall–Kier alpha value is -4.31. The molecule has 0 aliphatic carbocycles. The standard InChI is InChI=1S/C25H20N2O5/c1-28-21-9-16(7-8-19(21)29-13-15-5-3-2-4-6-15)24-17-10-22-23(31-14-30-22)11-20(17)32-25(27)18(24)12-26/h2-11,24H,13-14,27H2,1H3/t24-/m0/s1. The molecule has 2 N–H and O–H groups in total. The zero-order valence-electron chi connectivity index (χ0n) is 17.3. The highest BCUT2D eigenvalue weighted by Crippen LogP contribution is 2.48. The third kappa shape index (κ3) is 3.42. The molecule has 160 valence electrons. The lowest BCUT2D eigenvalue weighted by atomic mass is 9.83. The average molecular weight is 428 g/mol. The van der Waals surface area contributed by atoms with Crippen molar-refractivity contribution in [3.63, 3.8) is 0 Å². The Bertz CT molecular complexity index is 1250. The molecule has 7 nitrogen and oxygen atoms in total. The van der Waals surface area contributed by atoms with Crippen LogP contribution >= 0.6 is 0 Å². The predicted molar refractivity (Wildman–Crippen MR) is 116 cm³/mol. The highest BCUT2D eigenvalue weighted by Gasteiger charge is 2.33. The van der Waals surface area contributed by atoms with Gasteiger partial charge in [-0.15, -0.1) is 0 Å². The Morgan fingerprint density at radius 3 is 2.53 bits per heavy atom. The van der Waals surface area contributed by atoms with Gasteiger partial charge in [0.1, 0.15) is 24.0 Å². The number of nitrogens with two attached hydrogens (primary N) is 1. The molecule has 3 aromatic rings. The summed E-state index contributed by atoms with van der Waals surface area (Å²) in [5, 5.41) is 9.82. The van der Waals surface area contributed by atoms with E-state index in [2.05, 4.69) is 6.07 Å². The van der Waals surface area contributed by atoms with Crippen LogP contribution < -0.4 is 29.4 Å². The van der Waals surface area contributed by atoms with E-state index in [-0.39, 0.29) is 12.7 Å². The summed E-state index contributed by atoms with van der Waals surface area (Å²) in [5.74, 6) is 2.49. The van der Waals surface area contributed by atoms with E-state index in [1.807, 2.05) is 54.6 Å². The molecule has 0 spiro atoms. The Kier molecular flexibility index (Phi) is 4.96. The van der Waals surface area contributed by atoms with E-state index >= 15 is 0 Å². The van der Waals surface area contributed by atoms with Gasteiger partial charge in [-0.05, 0) is 29.3 Å². The molecular weight excluding hydrogens is 408 g/mol. The molecule has 0 saturated carbocycles. The summed E-state index contributed by atoms with van der Waals surface area (Å²) in [6, 6.07) is 21.2. The minimum atomic E-state index is -0.449. The van der Waals surface area contributed by atoms with Crippen LogP contribution in [0.15, 0.2) is 72.1 Å². The molecule has 7 heteroatoms. The van der Waals surface area contributed by atoms with E-state index in [9.17, 15) is 5.26 Å². The third-order valence-electron chi connectivity index (χ3n) is 5.47. The second-order valence-corrected chi connectivity index (χ2v) is 7.35. The van der Waals surface area contributed by atoms with Gasteiger partial charge >= 0.3 is 0 Å². The van der Waals surface area contributed by atoms with Crippen LogP contribution in [0.4, 0.5) is 0 Å². The quantitative estimate of drug-likeness (QED) is 0.650. The molecule has 0 bridgehead atoms. The first-order chi connectivity index (χ1) is 15.7. The molecular formula is C25H20N2O5. The van der Waals surface area contributed by atoms with Crippen LogP contribution in [0.25, 0.3) is 0 Å². The summed E-state index contributed by atoms with van der Waals surface area (Å²) in [4.78, 5) is 0. The number of hydrogen-bond acceptors (Lipinski definition) is 7. The van der Waals surface area contributed by atoms with E-state index in [4.69, 9.17) is 29.4 Å². The summed E-state index contributed by atoms with van der Waals surface area (Å²) in [7, 11) is 1.58. The fourth-order valence-corrected chi connectivity index (χ4v) is 3.91. The van der Waals surface area contributed by atoms with Crippen LogP contribution in [0.2, 0.25) is 0 Å². The molecule has 2 aliphatic heterocycles. The van der Waals surface area contributed by atoms with Crippen LogP contribution in [-0.4, -0.2) is 13.9 Å². The number of methoxy groups -OCH3 is 1. The molecule has 2 heterocycles. The third-order valence-corrected chi connectivity index (χ3v) is 5.47. The number of ether oxygens (including phenoxy) is 5. The van der Waals surface area contributed by atoms with Crippen molar-refractivity contribution in [1.82, 2.24) is 0 Å². The molecule has 5 rings (SSSR count). The number of nitriles is 1. The van der Waals surface area contributed by atoms with Crippen LogP contribution in [-0.2, 0) is 6.61 Å². The molecule has 0 fully saturated rings. The van der Waals surface area contributed by atoms with Crippen LogP contribution in [0.1, 0.15) is 22.6 Å². The first-order valence-corrected chi connectivity index (χ1v) is 10.0. The van der Waals surface area contributed by atoms with Crippen molar-refractivity contribution < 1.29 is 23.7 Å². The number of hydrogen-bond donors (Lipinski definition) is 1. The Balaban J connectivity index is 1.53. The second kappa shape index (κ2) is 8.08. The van der Waals surface area contributed by atoms with Gasteiger partial charge < -0.3 is 29.4 Å². The van der Waals surface area contributed by atoms with E-state index in [0.717, 1.165) is 16.7 Å². The predicted octanol–water partition coefficient (Wildman–Crippen LogP) is 4.22. The SMILES string of the molecule is COc1cc([C@@H]2C(C#N)=C(N)Oc3cc4c(cc32)OCO4)ccc1OCc1ccccc1. The first kappa shape index (κ1) is 19.6. The number of fused-ring (bicyclic) bond motifs is 2. The smallest absolute Gasteiger partial charge is 0.231 e. The molecule has 0 aromatic heterocycles. The average Bonchev–Trinajstić information content (AvgIpc) is 3.28. The number of rotatable bonds is 5. The zero-order valence-corrected chi connectivity index (χ0v) is 17.3. The van der Waals surface area contributed by atoms with Crippen molar-refractivity contribution in [3.05, 3.63) is 88.8 Å². The lowest BCUT2D eigenvalue weighted by Gasteiger charge is -2.27. The largest absolute Gasteiger partial charge is 0.493 e. The minimum Gasteiger partial charge on any atom is -0.493 e. The molecule has 32 heavy (non-hydrogen) atoms. The first-order valence-electron chi connectivity index (χ1n) is 10.0. The number of nitrogens with zero attached hydrogens (tertiary/aromatic N) is 1. The van der Waals surface area contributed by atoms with Gasteiger partial charge in [0.15, 0.2) is 23.0 Å². The Labute approximate surface area is 185 Å². The molecule has 0 amide bonds. The van der Waals surface area contributed by atoms with Gasteiger partial charge in [0.25, 0.3) is 0 Å².